The van der Waals surface area contributed by atoms with Gasteiger partial charge in [0.25, 0.3) is 11.9 Å². The van der Waals surface area contributed by atoms with Gasteiger partial charge in [0.05, 0.1) is 23.1 Å². The van der Waals surface area contributed by atoms with Crippen LogP contribution in [0.25, 0.3) is 11.2 Å². The second kappa shape index (κ2) is 16.1. The van der Waals surface area contributed by atoms with Crippen LogP contribution in [-0.2, 0) is 30.6 Å². The Morgan fingerprint density at radius 2 is 1.82 bits per heavy atom. The molecule has 3 fully saturated rings. The van der Waals surface area contributed by atoms with Crippen LogP contribution in [0.3, 0.4) is 0 Å². The predicted molar refractivity (Wildman–Crippen MR) is 206 cm³/mol. The number of rotatable bonds is 18. The van der Waals surface area contributed by atoms with Crippen LogP contribution < -0.4 is 20.1 Å². The SMILES string of the molecule is C=CCCCCC[C@H](Nc1ccc(C(F)(F)F)cc1)C(=O)N1C[C@H](Oc2nc3cncnc3n2C(C)C)C[C@H]1C(=O)N[C@]1(C(=O)NS(=O)(=O)C2(C)CC2)C[C@H]1C=C. The summed E-state index contributed by atoms with van der Waals surface area (Å²) >= 11 is 0. The highest BCUT2D eigenvalue weighted by Crippen LogP contribution is 2.47. The number of halogens is 3. The van der Waals surface area contributed by atoms with E-state index in [9.17, 15) is 36.0 Å². The summed E-state index contributed by atoms with van der Waals surface area (Å²) in [6, 6.07) is 2.26. The highest BCUT2D eigenvalue weighted by Gasteiger charge is 2.63. The van der Waals surface area contributed by atoms with E-state index < -0.39 is 73.9 Å². The fraction of sp³-hybridized carbons (Fsp3) is 0.538. The molecule has 2 aromatic heterocycles. The van der Waals surface area contributed by atoms with Crippen molar-refractivity contribution in [3.8, 4) is 6.01 Å². The number of fused-ring (bicyclic) bond motifs is 1. The molecule has 1 aliphatic heterocycles. The van der Waals surface area contributed by atoms with Crippen LogP contribution in [0.2, 0.25) is 0 Å². The van der Waals surface area contributed by atoms with E-state index in [1.165, 1.54) is 29.4 Å². The molecule has 0 radical (unpaired) electrons. The molecule has 2 saturated carbocycles. The van der Waals surface area contributed by atoms with Crippen molar-refractivity contribution < 1.29 is 40.7 Å². The first-order valence-corrected chi connectivity index (χ1v) is 20.6. The number of aromatic nitrogens is 4. The third kappa shape index (κ3) is 8.79. The number of unbranched alkanes of at least 4 members (excludes halogenated alkanes) is 3. The first kappa shape index (κ1) is 41.6. The van der Waals surface area contributed by atoms with Crippen molar-refractivity contribution in [3.05, 3.63) is 67.7 Å². The number of carbonyl (C=O) groups excluding carboxylic acids is 3. The number of sulfonamides is 1. The van der Waals surface area contributed by atoms with Crippen LogP contribution in [0.5, 0.6) is 6.01 Å². The van der Waals surface area contributed by atoms with Crippen LogP contribution in [-0.4, -0.2) is 85.6 Å². The minimum absolute atomic E-state index is 0.0241. The van der Waals surface area contributed by atoms with E-state index in [4.69, 9.17) is 4.74 Å². The summed E-state index contributed by atoms with van der Waals surface area (Å²) in [6.07, 6.45) is 4.96. The summed E-state index contributed by atoms with van der Waals surface area (Å²) in [5.74, 6) is -2.66. The summed E-state index contributed by atoms with van der Waals surface area (Å²) in [4.78, 5) is 57.1. The van der Waals surface area contributed by atoms with Gasteiger partial charge in [-0.05, 0) is 83.6 Å². The van der Waals surface area contributed by atoms with Crippen LogP contribution in [0.4, 0.5) is 18.9 Å². The Morgan fingerprint density at radius 3 is 2.44 bits per heavy atom. The molecule has 6 rings (SSSR count). The molecule has 3 aromatic rings. The summed E-state index contributed by atoms with van der Waals surface area (Å²) in [5, 5.41) is 5.89. The average molecular weight is 815 g/mol. The van der Waals surface area contributed by atoms with Crippen molar-refractivity contribution in [1.82, 2.24) is 34.5 Å². The molecule has 3 amide bonds. The lowest BCUT2D eigenvalue weighted by Gasteiger charge is -2.30. The van der Waals surface area contributed by atoms with Gasteiger partial charge in [-0.25, -0.2) is 18.4 Å². The number of allylic oxidation sites excluding steroid dienone is 1. The Morgan fingerprint density at radius 1 is 1.11 bits per heavy atom. The molecule has 2 aliphatic carbocycles. The molecule has 14 nitrogen and oxygen atoms in total. The quantitative estimate of drug-likeness (QED) is 0.111. The van der Waals surface area contributed by atoms with Gasteiger partial charge in [0.2, 0.25) is 21.8 Å². The smallest absolute Gasteiger partial charge is 0.416 e. The van der Waals surface area contributed by atoms with Crippen molar-refractivity contribution in [2.24, 2.45) is 5.92 Å². The lowest BCUT2D eigenvalue weighted by Crippen LogP contribution is -2.58. The Labute approximate surface area is 329 Å². The number of carbonyl (C=O) groups is 3. The largest absolute Gasteiger partial charge is 0.459 e. The van der Waals surface area contributed by atoms with Crippen LogP contribution in [0, 0.1) is 5.92 Å². The Bertz CT molecular complexity index is 2120. The fourth-order valence-electron chi connectivity index (χ4n) is 7.25. The molecule has 0 bridgehead atoms. The number of imidazole rings is 1. The van der Waals surface area contributed by atoms with Gasteiger partial charge in [-0.3, -0.25) is 23.7 Å². The zero-order chi connectivity index (χ0) is 41.3. The van der Waals surface area contributed by atoms with E-state index in [0.717, 1.165) is 31.4 Å². The summed E-state index contributed by atoms with van der Waals surface area (Å²) < 4.78 is 75.5. The first-order valence-electron chi connectivity index (χ1n) is 19.1. The van der Waals surface area contributed by atoms with Gasteiger partial charge in [0.1, 0.15) is 35.6 Å². The molecule has 0 spiro atoms. The van der Waals surface area contributed by atoms with Gasteiger partial charge in [-0.1, -0.05) is 25.0 Å². The molecule has 308 valence electrons. The standard InChI is InChI=1S/C39H49F3N8O6S/c1-6-8-9-10-11-12-29(45-27-15-13-26(14-16-27)39(40,41)42)34(52)49-22-28(56-36-46-30-21-43-23-44-32(30)50(36)24(3)4)19-31(49)33(51)47-38(20-25(38)7-2)35(53)48-57(54,55)37(5)17-18-37/h6-7,13-16,21,23-25,28-29,31,45H,1-2,8-12,17-20,22H2,3-5H3,(H,47,51)(H,48,53)/t25-,28-,29+,31+,38-/m1/s1. The van der Waals surface area contributed by atoms with Crippen LogP contribution in [0.15, 0.2) is 62.1 Å². The third-order valence-electron chi connectivity index (χ3n) is 11.1. The number of ether oxygens (including phenoxy) is 1. The fourth-order valence-corrected chi connectivity index (χ4v) is 8.56. The van der Waals surface area contributed by atoms with Crippen LogP contribution in [0.1, 0.15) is 90.2 Å². The summed E-state index contributed by atoms with van der Waals surface area (Å²) in [6.45, 7) is 12.8. The zero-order valence-electron chi connectivity index (χ0n) is 32.2. The Balaban J connectivity index is 1.30. The zero-order valence-corrected chi connectivity index (χ0v) is 33.0. The maximum atomic E-state index is 14.7. The van der Waals surface area contributed by atoms with Gasteiger partial charge < -0.3 is 20.3 Å². The molecule has 3 N–H and O–H groups in total. The van der Waals surface area contributed by atoms with Crippen LogP contribution >= 0.6 is 0 Å². The molecular formula is C39H49F3N8O6S. The predicted octanol–water partition coefficient (Wildman–Crippen LogP) is 5.45. The number of alkyl halides is 3. The molecule has 5 atom stereocenters. The highest BCUT2D eigenvalue weighted by atomic mass is 32.2. The number of nitrogens with one attached hydrogen (secondary N) is 3. The van der Waals surface area contributed by atoms with Crippen molar-refractivity contribution >= 4 is 44.6 Å². The second-order valence-corrected chi connectivity index (χ2v) is 17.9. The Kier molecular flexibility index (Phi) is 11.8. The van der Waals surface area contributed by atoms with Crippen molar-refractivity contribution in [2.75, 3.05) is 11.9 Å². The number of benzene rings is 1. The molecule has 57 heavy (non-hydrogen) atoms. The second-order valence-electron chi connectivity index (χ2n) is 15.7. The lowest BCUT2D eigenvalue weighted by molar-refractivity contribution is -0.140. The normalized spacial score (nSPS) is 23.1. The molecular weight excluding hydrogens is 766 g/mol. The highest BCUT2D eigenvalue weighted by molar-refractivity contribution is 7.91. The third-order valence-corrected chi connectivity index (χ3v) is 13.3. The van der Waals surface area contributed by atoms with Gasteiger partial charge in [0.15, 0.2) is 5.65 Å². The number of amides is 3. The van der Waals surface area contributed by atoms with Crippen molar-refractivity contribution in [1.29, 1.82) is 0 Å². The number of nitrogens with zero attached hydrogens (tertiary/aromatic N) is 5. The van der Waals surface area contributed by atoms with Gasteiger partial charge in [-0.15, -0.1) is 13.2 Å². The summed E-state index contributed by atoms with van der Waals surface area (Å²) in [5.41, 5.74) is -1.17. The molecule has 1 aromatic carbocycles. The molecule has 3 heterocycles. The molecule has 18 heteroatoms. The van der Waals surface area contributed by atoms with E-state index in [1.54, 1.807) is 23.8 Å². The maximum Gasteiger partial charge on any atom is 0.416 e. The van der Waals surface area contributed by atoms with E-state index >= 15 is 0 Å². The molecule has 3 aliphatic rings. The lowest BCUT2D eigenvalue weighted by atomic mass is 10.0. The van der Waals surface area contributed by atoms with Crippen molar-refractivity contribution in [2.45, 2.75) is 119 Å². The number of hydrogen-bond donors (Lipinski definition) is 3. The van der Waals surface area contributed by atoms with E-state index in [0.29, 0.717) is 30.4 Å². The Hall–Kier alpha value is -5.00. The molecule has 0 unspecified atom stereocenters. The minimum Gasteiger partial charge on any atom is -0.459 e. The van der Waals surface area contributed by atoms with E-state index in [2.05, 4.69) is 43.5 Å². The number of likely N-dealkylation sites (tertiary alicyclic amines) is 1. The van der Waals surface area contributed by atoms with E-state index in [1.807, 2.05) is 13.8 Å². The van der Waals surface area contributed by atoms with Gasteiger partial charge in [-0.2, -0.15) is 18.2 Å². The van der Waals surface area contributed by atoms with Crippen molar-refractivity contribution in [3.63, 3.8) is 0 Å². The van der Waals surface area contributed by atoms with Gasteiger partial charge in [0, 0.05) is 24.1 Å². The summed E-state index contributed by atoms with van der Waals surface area (Å²) in [7, 11) is -4.04. The first-order chi connectivity index (χ1) is 26.9. The average Bonchev–Trinajstić information content (AvgIpc) is 3.99. The number of hydrogen-bond acceptors (Lipinski definition) is 10. The monoisotopic (exact) mass is 814 g/mol. The van der Waals surface area contributed by atoms with Gasteiger partial charge >= 0.3 is 6.18 Å². The topological polar surface area (TPSA) is 178 Å². The number of anilines is 1. The minimum atomic E-state index is -4.55. The van der Waals surface area contributed by atoms with E-state index in [-0.39, 0.29) is 43.5 Å². The molecule has 1 saturated heterocycles. The maximum absolute atomic E-state index is 14.7.